The molecule has 0 spiro atoms. The Bertz CT molecular complexity index is 606. The quantitative estimate of drug-likeness (QED) is 0.521. The summed E-state index contributed by atoms with van der Waals surface area (Å²) in [5.74, 6) is -2.43. The summed E-state index contributed by atoms with van der Waals surface area (Å²) < 4.78 is 28.5. The molecule has 1 N–H and O–H groups in total. The van der Waals surface area contributed by atoms with Crippen LogP contribution in [-0.2, 0) is 28.2 Å². The molecule has 0 bridgehead atoms. The topological polar surface area (TPSA) is 90.9 Å². The zero-order valence-electron chi connectivity index (χ0n) is 13.8. The lowest BCUT2D eigenvalue weighted by Gasteiger charge is -2.27. The van der Waals surface area contributed by atoms with Crippen molar-refractivity contribution in [2.75, 3.05) is 19.8 Å². The van der Waals surface area contributed by atoms with E-state index in [9.17, 15) is 14.2 Å². The van der Waals surface area contributed by atoms with Gasteiger partial charge in [-0.25, -0.2) is 5.09 Å². The molecular weight excluding hydrogens is 357 g/mol. The molecule has 0 aliphatic heterocycles. The van der Waals surface area contributed by atoms with Gasteiger partial charge in [-0.15, -0.1) is 0 Å². The fraction of sp³-hybridized carbons (Fsp3) is 0.467. The van der Waals surface area contributed by atoms with Crippen LogP contribution in [-0.4, -0.2) is 31.7 Å². The molecule has 0 aliphatic carbocycles. The van der Waals surface area contributed by atoms with Crippen molar-refractivity contribution in [2.45, 2.75) is 26.6 Å². The summed E-state index contributed by atoms with van der Waals surface area (Å²) in [6, 6.07) is 6.31. The van der Waals surface area contributed by atoms with Gasteiger partial charge in [-0.3, -0.25) is 14.2 Å². The van der Waals surface area contributed by atoms with Gasteiger partial charge in [0.25, 0.3) is 0 Å². The molecule has 0 saturated carbocycles. The highest BCUT2D eigenvalue weighted by atomic mass is 35.5. The Labute approximate surface area is 146 Å². The molecule has 24 heavy (non-hydrogen) atoms. The molecule has 0 aromatic heterocycles. The second-order valence-electron chi connectivity index (χ2n) is 4.67. The molecular formula is C15H21ClNO6P. The van der Waals surface area contributed by atoms with Crippen LogP contribution < -0.4 is 5.09 Å². The summed E-state index contributed by atoms with van der Waals surface area (Å²) >= 11 is 5.85. The molecule has 1 aromatic carbocycles. The van der Waals surface area contributed by atoms with Crippen molar-refractivity contribution in [1.82, 2.24) is 5.09 Å². The first-order chi connectivity index (χ1) is 11.3. The number of benzene rings is 1. The standard InChI is InChI=1S/C15H21ClNO6P/c1-4-21-14(19)10-17-24(20,22-5-2)15(23-11(3)18)12-6-8-13(16)9-7-12/h6-9,15H,4-5,10H2,1-3H3,(H,17,20). The highest BCUT2D eigenvalue weighted by Crippen LogP contribution is 2.57. The van der Waals surface area contributed by atoms with E-state index in [1.54, 1.807) is 38.1 Å². The fourth-order valence-corrected chi connectivity index (χ4v) is 4.00. The van der Waals surface area contributed by atoms with Crippen molar-refractivity contribution in [3.05, 3.63) is 34.9 Å². The van der Waals surface area contributed by atoms with E-state index < -0.39 is 25.3 Å². The van der Waals surface area contributed by atoms with Crippen molar-refractivity contribution >= 4 is 31.1 Å². The summed E-state index contributed by atoms with van der Waals surface area (Å²) in [4.78, 5) is 23.0. The molecule has 1 rings (SSSR count). The van der Waals surface area contributed by atoms with Crippen molar-refractivity contribution in [3.63, 3.8) is 0 Å². The number of carbonyl (C=O) groups is 2. The highest BCUT2D eigenvalue weighted by molar-refractivity contribution is 7.57. The largest absolute Gasteiger partial charge is 0.465 e. The van der Waals surface area contributed by atoms with Crippen LogP contribution in [0.2, 0.25) is 5.02 Å². The summed E-state index contributed by atoms with van der Waals surface area (Å²) in [7, 11) is -3.73. The summed E-state index contributed by atoms with van der Waals surface area (Å²) in [6.07, 6.45) is 0. The van der Waals surface area contributed by atoms with E-state index in [4.69, 9.17) is 25.6 Å². The van der Waals surface area contributed by atoms with Gasteiger partial charge < -0.3 is 14.0 Å². The SMILES string of the molecule is CCOC(=O)CNP(=O)(OCC)C(OC(C)=O)c1ccc(Cl)cc1. The molecule has 0 heterocycles. The number of carbonyl (C=O) groups excluding carboxylic acids is 2. The van der Waals surface area contributed by atoms with Crippen LogP contribution in [0.3, 0.4) is 0 Å². The van der Waals surface area contributed by atoms with Crippen molar-refractivity contribution in [1.29, 1.82) is 0 Å². The van der Waals surface area contributed by atoms with Crippen LogP contribution in [0.5, 0.6) is 0 Å². The number of hydrogen-bond donors (Lipinski definition) is 1. The second-order valence-corrected chi connectivity index (χ2v) is 7.34. The zero-order valence-corrected chi connectivity index (χ0v) is 15.4. The Morgan fingerprint density at radius 2 is 1.83 bits per heavy atom. The maximum atomic E-state index is 13.2. The predicted octanol–water partition coefficient (Wildman–Crippen LogP) is 3.28. The highest BCUT2D eigenvalue weighted by Gasteiger charge is 2.38. The predicted molar refractivity (Wildman–Crippen MR) is 89.8 cm³/mol. The second kappa shape index (κ2) is 9.79. The summed E-state index contributed by atoms with van der Waals surface area (Å²) in [5, 5.41) is 3.03. The number of nitrogens with one attached hydrogen (secondary N) is 1. The van der Waals surface area contributed by atoms with Gasteiger partial charge in [0, 0.05) is 17.5 Å². The van der Waals surface area contributed by atoms with Crippen LogP contribution in [0, 0.1) is 0 Å². The Hall–Kier alpha value is -1.40. The van der Waals surface area contributed by atoms with Crippen molar-refractivity contribution < 1.29 is 28.2 Å². The van der Waals surface area contributed by atoms with Crippen LogP contribution in [0.25, 0.3) is 0 Å². The third kappa shape index (κ3) is 6.24. The normalized spacial score (nSPS) is 14.5. The molecule has 9 heteroatoms. The van der Waals surface area contributed by atoms with Crippen LogP contribution in [0.15, 0.2) is 24.3 Å². The minimum absolute atomic E-state index is 0.0957. The molecule has 1 aromatic rings. The minimum Gasteiger partial charge on any atom is -0.465 e. The van der Waals surface area contributed by atoms with Crippen LogP contribution in [0.4, 0.5) is 0 Å². The maximum absolute atomic E-state index is 13.2. The number of rotatable bonds is 9. The van der Waals surface area contributed by atoms with Gasteiger partial charge in [0.1, 0.15) is 6.54 Å². The Morgan fingerprint density at radius 1 is 1.21 bits per heavy atom. The third-order valence-corrected chi connectivity index (χ3v) is 5.33. The Kier molecular flexibility index (Phi) is 8.42. The lowest BCUT2D eigenvalue weighted by molar-refractivity contribution is -0.143. The number of hydrogen-bond acceptors (Lipinski definition) is 6. The van der Waals surface area contributed by atoms with Gasteiger partial charge in [-0.1, -0.05) is 23.7 Å². The number of ether oxygens (including phenoxy) is 2. The molecule has 2 unspecified atom stereocenters. The van der Waals surface area contributed by atoms with E-state index in [1.165, 1.54) is 6.92 Å². The molecule has 0 fully saturated rings. The van der Waals surface area contributed by atoms with E-state index in [-0.39, 0.29) is 19.8 Å². The van der Waals surface area contributed by atoms with Gasteiger partial charge in [-0.2, -0.15) is 0 Å². The van der Waals surface area contributed by atoms with E-state index in [2.05, 4.69) is 5.09 Å². The van der Waals surface area contributed by atoms with Gasteiger partial charge in [-0.05, 0) is 26.0 Å². The molecule has 134 valence electrons. The number of esters is 2. The first-order valence-electron chi connectivity index (χ1n) is 7.40. The van der Waals surface area contributed by atoms with E-state index >= 15 is 0 Å². The molecule has 0 radical (unpaired) electrons. The number of halogens is 1. The average molecular weight is 378 g/mol. The smallest absolute Gasteiger partial charge is 0.320 e. The van der Waals surface area contributed by atoms with E-state index in [0.717, 1.165) is 0 Å². The average Bonchev–Trinajstić information content (AvgIpc) is 2.52. The lowest BCUT2D eigenvalue weighted by atomic mass is 10.2. The van der Waals surface area contributed by atoms with Crippen LogP contribution in [0.1, 0.15) is 32.2 Å². The van der Waals surface area contributed by atoms with Crippen molar-refractivity contribution in [3.8, 4) is 0 Å². The van der Waals surface area contributed by atoms with Gasteiger partial charge >= 0.3 is 19.5 Å². The molecule has 7 nitrogen and oxygen atoms in total. The fourth-order valence-electron chi connectivity index (χ4n) is 1.89. The lowest BCUT2D eigenvalue weighted by Crippen LogP contribution is -2.27. The maximum Gasteiger partial charge on any atom is 0.320 e. The molecule has 0 saturated heterocycles. The first kappa shape index (κ1) is 20.6. The Balaban J connectivity index is 3.11. The zero-order chi connectivity index (χ0) is 18.2. The summed E-state index contributed by atoms with van der Waals surface area (Å²) in [5.41, 5.74) is 0.433. The Morgan fingerprint density at radius 3 is 2.33 bits per heavy atom. The minimum atomic E-state index is -3.73. The molecule has 2 atom stereocenters. The van der Waals surface area contributed by atoms with Crippen LogP contribution >= 0.6 is 19.1 Å². The molecule has 0 aliphatic rings. The van der Waals surface area contributed by atoms with Crippen molar-refractivity contribution in [2.24, 2.45) is 0 Å². The van der Waals surface area contributed by atoms with Gasteiger partial charge in [0.2, 0.25) is 5.85 Å². The third-order valence-electron chi connectivity index (χ3n) is 2.81. The van der Waals surface area contributed by atoms with E-state index in [0.29, 0.717) is 10.6 Å². The first-order valence-corrected chi connectivity index (χ1v) is 9.47. The summed E-state index contributed by atoms with van der Waals surface area (Å²) in [6.45, 7) is 4.46. The molecule has 0 amide bonds. The van der Waals surface area contributed by atoms with Gasteiger partial charge in [0.15, 0.2) is 0 Å². The monoisotopic (exact) mass is 377 g/mol. The van der Waals surface area contributed by atoms with E-state index in [1.807, 2.05) is 0 Å². The van der Waals surface area contributed by atoms with Gasteiger partial charge in [0.05, 0.1) is 13.2 Å².